The molecule has 3 heterocycles. The Morgan fingerprint density at radius 2 is 2.13 bits per heavy atom. The number of hydrogen-bond acceptors (Lipinski definition) is 4. The first-order chi connectivity index (χ1) is 11.2. The van der Waals surface area contributed by atoms with E-state index in [0.717, 1.165) is 37.6 Å². The summed E-state index contributed by atoms with van der Waals surface area (Å²) in [4.78, 5) is 9.14. The second-order valence-electron chi connectivity index (χ2n) is 6.68. The van der Waals surface area contributed by atoms with Gasteiger partial charge in [0, 0.05) is 31.4 Å². The molecular formula is C19H27N3O. The van der Waals surface area contributed by atoms with Gasteiger partial charge >= 0.3 is 0 Å². The fourth-order valence-electron chi connectivity index (χ4n) is 3.72. The van der Waals surface area contributed by atoms with Gasteiger partial charge in [-0.25, -0.2) is 0 Å². The molecule has 0 spiro atoms. The van der Waals surface area contributed by atoms with Gasteiger partial charge in [-0.15, -0.1) is 0 Å². The maximum atomic E-state index is 5.84. The standard InChI is InChI=1S/C19H27N3O/c1-4-17-7-8-18(23-17)14-21(2)13-16-9-11-22(3)19(16)15-6-5-10-20-12-15/h5-8,10,12,16,19H,4,9,11,13-14H2,1-3H3/t16-,19-/m0/s1. The number of hydrogen-bond donors (Lipinski definition) is 0. The zero-order valence-electron chi connectivity index (χ0n) is 14.4. The Kier molecular flexibility index (Phi) is 5.13. The van der Waals surface area contributed by atoms with Crippen molar-refractivity contribution in [2.45, 2.75) is 32.4 Å². The van der Waals surface area contributed by atoms with Crippen molar-refractivity contribution in [3.8, 4) is 0 Å². The van der Waals surface area contributed by atoms with Crippen LogP contribution in [0.4, 0.5) is 0 Å². The summed E-state index contributed by atoms with van der Waals surface area (Å²) in [5.74, 6) is 2.77. The largest absolute Gasteiger partial charge is 0.465 e. The van der Waals surface area contributed by atoms with Gasteiger partial charge in [0.1, 0.15) is 11.5 Å². The van der Waals surface area contributed by atoms with E-state index < -0.39 is 0 Å². The summed E-state index contributed by atoms with van der Waals surface area (Å²) >= 11 is 0. The SMILES string of the molecule is CCc1ccc(CN(C)C[C@@H]2CCN(C)[C@H]2c2cccnc2)o1. The molecule has 1 aliphatic heterocycles. The molecule has 0 aromatic carbocycles. The van der Waals surface area contributed by atoms with Crippen LogP contribution < -0.4 is 0 Å². The van der Waals surface area contributed by atoms with Crippen molar-refractivity contribution in [2.24, 2.45) is 5.92 Å². The molecule has 2 aromatic rings. The normalized spacial score (nSPS) is 22.1. The minimum atomic E-state index is 0.467. The first-order valence-electron chi connectivity index (χ1n) is 8.53. The molecule has 3 rings (SSSR count). The van der Waals surface area contributed by atoms with Crippen LogP contribution in [-0.2, 0) is 13.0 Å². The molecule has 4 heteroatoms. The minimum absolute atomic E-state index is 0.467. The van der Waals surface area contributed by atoms with Crippen LogP contribution in [0.15, 0.2) is 41.1 Å². The van der Waals surface area contributed by atoms with Crippen LogP contribution in [-0.4, -0.2) is 42.0 Å². The highest BCUT2D eigenvalue weighted by Gasteiger charge is 2.33. The third-order valence-electron chi connectivity index (χ3n) is 4.84. The molecule has 0 amide bonds. The minimum Gasteiger partial charge on any atom is -0.465 e. The lowest BCUT2D eigenvalue weighted by molar-refractivity contribution is 0.204. The lowest BCUT2D eigenvalue weighted by Gasteiger charge is -2.28. The predicted octanol–water partition coefficient (Wildman–Crippen LogP) is 3.36. The van der Waals surface area contributed by atoms with Gasteiger partial charge in [0.25, 0.3) is 0 Å². The Morgan fingerprint density at radius 3 is 2.83 bits per heavy atom. The maximum Gasteiger partial charge on any atom is 0.118 e. The molecule has 1 fully saturated rings. The van der Waals surface area contributed by atoms with E-state index in [9.17, 15) is 0 Å². The van der Waals surface area contributed by atoms with Crippen LogP contribution in [0.1, 0.15) is 36.5 Å². The van der Waals surface area contributed by atoms with Gasteiger partial charge in [-0.3, -0.25) is 14.8 Å². The molecule has 0 N–H and O–H groups in total. The summed E-state index contributed by atoms with van der Waals surface area (Å²) in [6.07, 6.45) is 6.06. The first-order valence-corrected chi connectivity index (χ1v) is 8.53. The van der Waals surface area contributed by atoms with Crippen LogP contribution in [0.3, 0.4) is 0 Å². The molecule has 1 aliphatic rings. The van der Waals surface area contributed by atoms with Gasteiger partial charge in [-0.05, 0) is 56.7 Å². The Bertz CT molecular complexity index is 610. The lowest BCUT2D eigenvalue weighted by atomic mass is 9.94. The molecule has 0 radical (unpaired) electrons. The average Bonchev–Trinajstić information content (AvgIpc) is 3.15. The Hall–Kier alpha value is -1.65. The summed E-state index contributed by atoms with van der Waals surface area (Å²) < 4.78 is 5.84. The average molecular weight is 313 g/mol. The number of nitrogens with zero attached hydrogens (tertiary/aromatic N) is 3. The number of furan rings is 1. The number of rotatable bonds is 6. The van der Waals surface area contributed by atoms with Gasteiger partial charge in [-0.1, -0.05) is 13.0 Å². The smallest absolute Gasteiger partial charge is 0.118 e. The number of aromatic nitrogens is 1. The van der Waals surface area contributed by atoms with Crippen molar-refractivity contribution in [3.05, 3.63) is 53.7 Å². The molecule has 23 heavy (non-hydrogen) atoms. The molecule has 4 nitrogen and oxygen atoms in total. The van der Waals surface area contributed by atoms with Crippen molar-refractivity contribution in [1.82, 2.24) is 14.8 Å². The van der Waals surface area contributed by atoms with Crippen LogP contribution >= 0.6 is 0 Å². The van der Waals surface area contributed by atoms with Gasteiger partial charge in [0.15, 0.2) is 0 Å². The summed E-state index contributed by atoms with van der Waals surface area (Å²) in [6.45, 7) is 5.23. The van der Waals surface area contributed by atoms with Crippen LogP contribution in [0.5, 0.6) is 0 Å². The van der Waals surface area contributed by atoms with Gasteiger partial charge in [-0.2, -0.15) is 0 Å². The zero-order chi connectivity index (χ0) is 16.2. The van der Waals surface area contributed by atoms with Gasteiger partial charge in [0.05, 0.1) is 6.54 Å². The second-order valence-corrected chi connectivity index (χ2v) is 6.68. The maximum absolute atomic E-state index is 5.84. The summed E-state index contributed by atoms with van der Waals surface area (Å²) in [7, 11) is 4.41. The van der Waals surface area contributed by atoms with Crippen LogP contribution in [0.25, 0.3) is 0 Å². The zero-order valence-corrected chi connectivity index (χ0v) is 14.4. The number of pyridine rings is 1. The topological polar surface area (TPSA) is 32.5 Å². The highest BCUT2D eigenvalue weighted by atomic mass is 16.3. The van der Waals surface area contributed by atoms with Crippen LogP contribution in [0, 0.1) is 5.92 Å². The first kappa shape index (κ1) is 16.2. The summed E-state index contributed by atoms with van der Waals surface area (Å²) in [5, 5.41) is 0. The highest BCUT2D eigenvalue weighted by molar-refractivity contribution is 5.17. The Labute approximate surface area is 139 Å². The van der Waals surface area contributed by atoms with E-state index in [1.54, 1.807) is 0 Å². The van der Waals surface area contributed by atoms with E-state index in [0.29, 0.717) is 12.0 Å². The third-order valence-corrected chi connectivity index (χ3v) is 4.84. The van der Waals surface area contributed by atoms with Crippen LogP contribution in [0.2, 0.25) is 0 Å². The second kappa shape index (κ2) is 7.28. The molecular weight excluding hydrogens is 286 g/mol. The molecule has 0 saturated carbocycles. The van der Waals surface area contributed by atoms with E-state index in [1.165, 1.54) is 12.0 Å². The molecule has 2 aromatic heterocycles. The number of likely N-dealkylation sites (tertiary alicyclic amines) is 1. The van der Waals surface area contributed by atoms with Crippen molar-refractivity contribution < 1.29 is 4.42 Å². The molecule has 0 unspecified atom stereocenters. The van der Waals surface area contributed by atoms with Crippen molar-refractivity contribution in [1.29, 1.82) is 0 Å². The van der Waals surface area contributed by atoms with Crippen molar-refractivity contribution >= 4 is 0 Å². The molecule has 1 saturated heterocycles. The van der Waals surface area contributed by atoms with Gasteiger partial charge in [0.2, 0.25) is 0 Å². The Morgan fingerprint density at radius 1 is 1.30 bits per heavy atom. The van der Waals surface area contributed by atoms with Crippen molar-refractivity contribution in [2.75, 3.05) is 27.2 Å². The van der Waals surface area contributed by atoms with E-state index >= 15 is 0 Å². The Balaban J connectivity index is 1.63. The predicted molar refractivity (Wildman–Crippen MR) is 92.1 cm³/mol. The fraction of sp³-hybridized carbons (Fsp3) is 0.526. The molecule has 124 valence electrons. The molecule has 0 aliphatic carbocycles. The van der Waals surface area contributed by atoms with Crippen molar-refractivity contribution in [3.63, 3.8) is 0 Å². The third kappa shape index (κ3) is 3.82. The lowest BCUT2D eigenvalue weighted by Crippen LogP contribution is -2.29. The highest BCUT2D eigenvalue weighted by Crippen LogP contribution is 2.36. The summed E-state index contributed by atoms with van der Waals surface area (Å²) in [6, 6.07) is 8.90. The van der Waals surface area contributed by atoms with E-state index in [2.05, 4.69) is 54.0 Å². The van der Waals surface area contributed by atoms with E-state index in [4.69, 9.17) is 4.42 Å². The van der Waals surface area contributed by atoms with E-state index in [1.807, 2.05) is 18.5 Å². The molecule has 2 atom stereocenters. The summed E-state index contributed by atoms with van der Waals surface area (Å²) in [5.41, 5.74) is 1.33. The quantitative estimate of drug-likeness (QED) is 0.818. The van der Waals surface area contributed by atoms with Gasteiger partial charge < -0.3 is 4.42 Å². The van der Waals surface area contributed by atoms with E-state index in [-0.39, 0.29) is 0 Å². The fourth-order valence-corrected chi connectivity index (χ4v) is 3.72. The monoisotopic (exact) mass is 313 g/mol. The number of aryl methyl sites for hydroxylation is 1. The molecule has 0 bridgehead atoms.